The molecule has 25 heavy (non-hydrogen) atoms. The molecule has 0 aliphatic rings. The molecule has 2 aromatic rings. The Labute approximate surface area is 145 Å². The molecule has 2 rings (SSSR count). The molecule has 0 spiro atoms. The summed E-state index contributed by atoms with van der Waals surface area (Å²) >= 11 is 0. The van der Waals surface area contributed by atoms with Crippen LogP contribution in [0.3, 0.4) is 0 Å². The molecule has 6 heteroatoms. The molecular formula is C19H19FN2O3. The van der Waals surface area contributed by atoms with Gasteiger partial charge in [0.1, 0.15) is 5.82 Å². The lowest BCUT2D eigenvalue weighted by atomic mass is 10.1. The molecule has 0 aliphatic heterocycles. The number of benzene rings is 2. The minimum Gasteiger partial charge on any atom is -0.326 e. The second kappa shape index (κ2) is 8.19. The molecule has 2 amide bonds. The number of anilines is 2. The molecule has 0 aromatic heterocycles. The van der Waals surface area contributed by atoms with Crippen LogP contribution in [0.4, 0.5) is 15.8 Å². The standard InChI is InChI=1S/C19H19FN2O3/c1-13(23)15-5-3-8-18(11-15)22(14(2)24)10-9-19(25)21-17-7-4-6-16(20)12-17/h3-8,11-12H,9-10H2,1-2H3,(H,21,25). The lowest BCUT2D eigenvalue weighted by molar-refractivity contribution is -0.117. The molecule has 0 bridgehead atoms. The van der Waals surface area contributed by atoms with Gasteiger partial charge in [0.25, 0.3) is 0 Å². The molecule has 0 saturated heterocycles. The molecule has 2 aromatic carbocycles. The van der Waals surface area contributed by atoms with E-state index in [2.05, 4.69) is 5.32 Å². The third kappa shape index (κ3) is 5.24. The van der Waals surface area contributed by atoms with Crippen LogP contribution in [0, 0.1) is 5.82 Å². The minimum atomic E-state index is -0.441. The molecule has 0 fully saturated rings. The van der Waals surface area contributed by atoms with Crippen molar-refractivity contribution in [2.24, 2.45) is 0 Å². The SMILES string of the molecule is CC(=O)c1cccc(N(CCC(=O)Nc2cccc(F)c2)C(C)=O)c1. The number of nitrogens with one attached hydrogen (secondary N) is 1. The van der Waals surface area contributed by atoms with Crippen molar-refractivity contribution in [3.63, 3.8) is 0 Å². The van der Waals surface area contributed by atoms with Crippen molar-refractivity contribution in [1.29, 1.82) is 0 Å². The molecule has 0 heterocycles. The van der Waals surface area contributed by atoms with Crippen molar-refractivity contribution in [2.45, 2.75) is 20.3 Å². The van der Waals surface area contributed by atoms with E-state index in [4.69, 9.17) is 0 Å². The molecule has 0 aliphatic carbocycles. The second-order valence-corrected chi connectivity index (χ2v) is 5.59. The first kappa shape index (κ1) is 18.3. The number of amides is 2. The molecule has 0 radical (unpaired) electrons. The summed E-state index contributed by atoms with van der Waals surface area (Å²) in [5, 5.41) is 2.59. The Hall–Kier alpha value is -3.02. The summed E-state index contributed by atoms with van der Waals surface area (Å²) in [6, 6.07) is 12.3. The highest BCUT2D eigenvalue weighted by atomic mass is 19.1. The maximum absolute atomic E-state index is 13.1. The van der Waals surface area contributed by atoms with E-state index < -0.39 is 5.82 Å². The van der Waals surface area contributed by atoms with Crippen LogP contribution in [0.25, 0.3) is 0 Å². The van der Waals surface area contributed by atoms with Gasteiger partial charge in [0.15, 0.2) is 5.78 Å². The van der Waals surface area contributed by atoms with Crippen LogP contribution in [0.2, 0.25) is 0 Å². The highest BCUT2D eigenvalue weighted by Crippen LogP contribution is 2.18. The average molecular weight is 342 g/mol. The van der Waals surface area contributed by atoms with Gasteiger partial charge < -0.3 is 10.2 Å². The number of rotatable bonds is 6. The number of carbonyl (C=O) groups excluding carboxylic acids is 3. The van der Waals surface area contributed by atoms with Gasteiger partial charge >= 0.3 is 0 Å². The zero-order valence-electron chi connectivity index (χ0n) is 14.1. The quantitative estimate of drug-likeness (QED) is 0.818. The third-order valence-electron chi connectivity index (χ3n) is 3.62. The number of halogens is 1. The van der Waals surface area contributed by atoms with Crippen LogP contribution in [0.1, 0.15) is 30.6 Å². The maximum atomic E-state index is 13.1. The lowest BCUT2D eigenvalue weighted by Gasteiger charge is -2.21. The molecule has 0 saturated carbocycles. The van der Waals surface area contributed by atoms with Crippen molar-refractivity contribution in [3.05, 3.63) is 59.9 Å². The summed E-state index contributed by atoms with van der Waals surface area (Å²) in [6.45, 7) is 2.99. The summed E-state index contributed by atoms with van der Waals surface area (Å²) in [5.74, 6) is -1.11. The maximum Gasteiger partial charge on any atom is 0.226 e. The summed E-state index contributed by atoms with van der Waals surface area (Å²) < 4.78 is 13.1. The highest BCUT2D eigenvalue weighted by Gasteiger charge is 2.15. The lowest BCUT2D eigenvalue weighted by Crippen LogP contribution is -2.32. The van der Waals surface area contributed by atoms with E-state index in [1.165, 1.54) is 36.9 Å². The Bertz CT molecular complexity index is 805. The largest absolute Gasteiger partial charge is 0.326 e. The third-order valence-corrected chi connectivity index (χ3v) is 3.62. The zero-order chi connectivity index (χ0) is 18.4. The molecule has 5 nitrogen and oxygen atoms in total. The van der Waals surface area contributed by atoms with Gasteiger partial charge in [-0.25, -0.2) is 4.39 Å². The van der Waals surface area contributed by atoms with E-state index in [1.54, 1.807) is 30.3 Å². The Morgan fingerprint density at radius 2 is 1.76 bits per heavy atom. The van der Waals surface area contributed by atoms with Crippen molar-refractivity contribution < 1.29 is 18.8 Å². The Balaban J connectivity index is 2.04. The highest BCUT2D eigenvalue weighted by molar-refractivity contribution is 5.98. The van der Waals surface area contributed by atoms with Crippen molar-refractivity contribution in [3.8, 4) is 0 Å². The number of Topliss-reactive ketones (excluding diaryl/α,β-unsaturated/α-hetero) is 1. The predicted molar refractivity (Wildman–Crippen MR) is 94.1 cm³/mol. The van der Waals surface area contributed by atoms with Gasteiger partial charge in [0, 0.05) is 36.8 Å². The van der Waals surface area contributed by atoms with Gasteiger partial charge in [-0.05, 0) is 37.3 Å². The molecular weight excluding hydrogens is 323 g/mol. The topological polar surface area (TPSA) is 66.5 Å². The van der Waals surface area contributed by atoms with Crippen LogP contribution in [-0.2, 0) is 9.59 Å². The fourth-order valence-electron chi connectivity index (χ4n) is 2.36. The monoisotopic (exact) mass is 342 g/mol. The van der Waals surface area contributed by atoms with Gasteiger partial charge in [0.2, 0.25) is 11.8 Å². The normalized spacial score (nSPS) is 10.2. The molecule has 0 atom stereocenters. The Morgan fingerprint density at radius 1 is 1.04 bits per heavy atom. The minimum absolute atomic E-state index is 0.0421. The van der Waals surface area contributed by atoms with Crippen LogP contribution in [0.5, 0.6) is 0 Å². The Morgan fingerprint density at radius 3 is 2.40 bits per heavy atom. The van der Waals surface area contributed by atoms with Gasteiger partial charge in [-0.2, -0.15) is 0 Å². The summed E-state index contributed by atoms with van der Waals surface area (Å²) in [6.07, 6.45) is 0.0421. The molecule has 1 N–H and O–H groups in total. The number of nitrogens with zero attached hydrogens (tertiary/aromatic N) is 1. The first-order valence-electron chi connectivity index (χ1n) is 7.81. The summed E-state index contributed by atoms with van der Waals surface area (Å²) in [5.41, 5.74) is 1.41. The van der Waals surface area contributed by atoms with E-state index in [0.717, 1.165) is 0 Å². The van der Waals surface area contributed by atoms with Crippen LogP contribution >= 0.6 is 0 Å². The fraction of sp³-hybridized carbons (Fsp3) is 0.211. The van der Waals surface area contributed by atoms with Crippen molar-refractivity contribution >= 4 is 29.0 Å². The van der Waals surface area contributed by atoms with Gasteiger partial charge in [-0.1, -0.05) is 18.2 Å². The summed E-state index contributed by atoms with van der Waals surface area (Å²) in [7, 11) is 0. The van der Waals surface area contributed by atoms with E-state index in [9.17, 15) is 18.8 Å². The van der Waals surface area contributed by atoms with Crippen molar-refractivity contribution in [1.82, 2.24) is 0 Å². The van der Waals surface area contributed by atoms with E-state index in [0.29, 0.717) is 16.9 Å². The summed E-state index contributed by atoms with van der Waals surface area (Å²) in [4.78, 5) is 36.8. The Kier molecular flexibility index (Phi) is 6.00. The number of ketones is 1. The number of carbonyl (C=O) groups is 3. The van der Waals surface area contributed by atoms with Crippen LogP contribution < -0.4 is 10.2 Å². The fourth-order valence-corrected chi connectivity index (χ4v) is 2.36. The van der Waals surface area contributed by atoms with Gasteiger partial charge in [0.05, 0.1) is 0 Å². The van der Waals surface area contributed by atoms with E-state index in [1.807, 2.05) is 0 Å². The van der Waals surface area contributed by atoms with Crippen LogP contribution in [-0.4, -0.2) is 24.1 Å². The molecule has 0 unspecified atom stereocenters. The first-order valence-corrected chi connectivity index (χ1v) is 7.81. The van der Waals surface area contributed by atoms with Crippen molar-refractivity contribution in [2.75, 3.05) is 16.8 Å². The molecule has 130 valence electrons. The average Bonchev–Trinajstić information content (AvgIpc) is 2.55. The van der Waals surface area contributed by atoms with E-state index in [-0.39, 0.29) is 30.6 Å². The van der Waals surface area contributed by atoms with Gasteiger partial charge in [-0.3, -0.25) is 14.4 Å². The van der Waals surface area contributed by atoms with E-state index >= 15 is 0 Å². The zero-order valence-corrected chi connectivity index (χ0v) is 14.1. The smallest absolute Gasteiger partial charge is 0.226 e. The van der Waals surface area contributed by atoms with Crippen LogP contribution in [0.15, 0.2) is 48.5 Å². The van der Waals surface area contributed by atoms with Gasteiger partial charge in [-0.15, -0.1) is 0 Å². The second-order valence-electron chi connectivity index (χ2n) is 5.59. The first-order chi connectivity index (χ1) is 11.9. The number of hydrogen-bond acceptors (Lipinski definition) is 3. The number of hydrogen-bond donors (Lipinski definition) is 1. The predicted octanol–water partition coefficient (Wildman–Crippen LogP) is 3.41.